The number of hydrogen-bond donors (Lipinski definition) is 0. The van der Waals surface area contributed by atoms with E-state index in [2.05, 4.69) is 6.58 Å². The highest BCUT2D eigenvalue weighted by molar-refractivity contribution is 6.03. The van der Waals surface area contributed by atoms with Crippen molar-refractivity contribution in [1.82, 2.24) is 0 Å². The van der Waals surface area contributed by atoms with Crippen molar-refractivity contribution in [1.29, 1.82) is 0 Å². The molecular formula is C21H32O7. The first kappa shape index (κ1) is 23.9. The van der Waals surface area contributed by atoms with Gasteiger partial charge in [-0.3, -0.25) is 19.2 Å². The topological polar surface area (TPSA) is 96.0 Å². The normalized spacial score (nSPS) is 20.6. The first-order valence-corrected chi connectivity index (χ1v) is 9.35. The minimum Gasteiger partial charge on any atom is -0.468 e. The molecular weight excluding hydrogens is 364 g/mol. The summed E-state index contributed by atoms with van der Waals surface area (Å²) < 4.78 is 15.7. The Hall–Kier alpha value is -2.18. The van der Waals surface area contributed by atoms with Crippen molar-refractivity contribution in [3.63, 3.8) is 0 Å². The number of Topliss-reactive ketones (excluding diaryl/α,β-unsaturated/α-hetero) is 1. The fourth-order valence-electron chi connectivity index (χ4n) is 3.04. The Morgan fingerprint density at radius 2 is 1.46 bits per heavy atom. The van der Waals surface area contributed by atoms with Crippen LogP contribution in [-0.2, 0) is 33.4 Å². The van der Waals surface area contributed by atoms with Gasteiger partial charge in [-0.2, -0.15) is 0 Å². The maximum atomic E-state index is 13.1. The zero-order valence-corrected chi connectivity index (χ0v) is 18.0. The molecule has 0 saturated heterocycles. The van der Waals surface area contributed by atoms with Crippen LogP contribution in [0.1, 0.15) is 67.2 Å². The number of hydrogen-bond acceptors (Lipinski definition) is 7. The van der Waals surface area contributed by atoms with Crippen molar-refractivity contribution in [3.05, 3.63) is 12.2 Å². The minimum atomic E-state index is -1.69. The third-order valence-corrected chi connectivity index (χ3v) is 4.30. The summed E-state index contributed by atoms with van der Waals surface area (Å²) in [5.74, 6) is -3.52. The predicted octanol–water partition coefficient (Wildman–Crippen LogP) is 3.14. The Bertz CT molecular complexity index is 633. The monoisotopic (exact) mass is 396 g/mol. The van der Waals surface area contributed by atoms with E-state index in [1.807, 2.05) is 0 Å². The molecule has 0 N–H and O–H groups in total. The Balaban J connectivity index is 3.33. The molecule has 1 rings (SSSR count). The summed E-state index contributed by atoms with van der Waals surface area (Å²) in [4.78, 5) is 50.7. The van der Waals surface area contributed by atoms with Crippen molar-refractivity contribution in [2.24, 2.45) is 11.3 Å². The standard InChI is InChI=1S/C21H32O7/c1-13-11-14(16(23)26-8)15(22)9-10-21(12-13,17(24)27-19(2,3)4)18(25)28-20(5,6)7/h14H,1,9-12H2,2-8H3/t14-/m0/s1. The van der Waals surface area contributed by atoms with Gasteiger partial charge in [-0.1, -0.05) is 12.2 Å². The van der Waals surface area contributed by atoms with E-state index in [9.17, 15) is 19.2 Å². The Morgan fingerprint density at radius 1 is 1.00 bits per heavy atom. The van der Waals surface area contributed by atoms with E-state index in [0.29, 0.717) is 5.57 Å². The van der Waals surface area contributed by atoms with E-state index in [-0.39, 0.29) is 25.7 Å². The molecule has 158 valence electrons. The van der Waals surface area contributed by atoms with Crippen molar-refractivity contribution in [2.75, 3.05) is 7.11 Å². The smallest absolute Gasteiger partial charge is 0.324 e. The second-order valence-electron chi connectivity index (χ2n) is 9.26. The first-order chi connectivity index (χ1) is 12.6. The van der Waals surface area contributed by atoms with E-state index in [4.69, 9.17) is 14.2 Å². The van der Waals surface area contributed by atoms with Gasteiger partial charge in [0, 0.05) is 6.42 Å². The predicted molar refractivity (Wildman–Crippen MR) is 102 cm³/mol. The number of ketones is 1. The summed E-state index contributed by atoms with van der Waals surface area (Å²) >= 11 is 0. The van der Waals surface area contributed by atoms with E-state index in [1.165, 1.54) is 7.11 Å². The lowest BCUT2D eigenvalue weighted by atomic mass is 9.72. The van der Waals surface area contributed by atoms with Crippen molar-refractivity contribution in [2.45, 2.75) is 78.4 Å². The van der Waals surface area contributed by atoms with Crippen LogP contribution < -0.4 is 0 Å². The Labute approximate surface area is 166 Å². The number of methoxy groups -OCH3 is 1. The van der Waals surface area contributed by atoms with Crippen LogP contribution in [0.2, 0.25) is 0 Å². The summed E-state index contributed by atoms with van der Waals surface area (Å²) in [6.07, 6.45) is -0.315. The maximum absolute atomic E-state index is 13.1. The summed E-state index contributed by atoms with van der Waals surface area (Å²) in [5.41, 5.74) is -2.92. The number of esters is 3. The third kappa shape index (κ3) is 6.17. The molecule has 1 saturated carbocycles. The largest absolute Gasteiger partial charge is 0.468 e. The van der Waals surface area contributed by atoms with Crippen molar-refractivity contribution in [3.8, 4) is 0 Å². The molecule has 0 aliphatic heterocycles. The fraction of sp³-hybridized carbons (Fsp3) is 0.714. The molecule has 1 fully saturated rings. The lowest BCUT2D eigenvalue weighted by Gasteiger charge is -2.36. The molecule has 0 aromatic heterocycles. The van der Waals surface area contributed by atoms with Gasteiger partial charge in [-0.25, -0.2) is 0 Å². The summed E-state index contributed by atoms with van der Waals surface area (Å²) in [7, 11) is 1.21. The molecule has 1 aliphatic rings. The van der Waals surface area contributed by atoms with Gasteiger partial charge in [-0.15, -0.1) is 0 Å². The highest BCUT2D eigenvalue weighted by Crippen LogP contribution is 2.41. The van der Waals surface area contributed by atoms with Crippen molar-refractivity contribution < 1.29 is 33.4 Å². The van der Waals surface area contributed by atoms with Gasteiger partial charge >= 0.3 is 17.9 Å². The number of ether oxygens (including phenoxy) is 3. The highest BCUT2D eigenvalue weighted by atomic mass is 16.6. The molecule has 1 aliphatic carbocycles. The lowest BCUT2D eigenvalue weighted by Crippen LogP contribution is -2.48. The summed E-state index contributed by atoms with van der Waals surface area (Å²) in [6.45, 7) is 14.1. The molecule has 7 heteroatoms. The van der Waals surface area contributed by atoms with Crippen LogP contribution in [0.15, 0.2) is 12.2 Å². The quantitative estimate of drug-likeness (QED) is 0.313. The molecule has 7 nitrogen and oxygen atoms in total. The van der Waals surface area contributed by atoms with Crippen molar-refractivity contribution >= 4 is 23.7 Å². The average molecular weight is 396 g/mol. The number of allylic oxidation sites excluding steroid dienone is 1. The second kappa shape index (κ2) is 8.45. The number of rotatable bonds is 3. The van der Waals surface area contributed by atoms with Gasteiger partial charge in [0.2, 0.25) is 0 Å². The van der Waals surface area contributed by atoms with Crippen LogP contribution in [0.3, 0.4) is 0 Å². The van der Waals surface area contributed by atoms with Gasteiger partial charge in [0.25, 0.3) is 0 Å². The van der Waals surface area contributed by atoms with Crippen LogP contribution in [0.25, 0.3) is 0 Å². The van der Waals surface area contributed by atoms with Gasteiger partial charge in [-0.05, 0) is 60.8 Å². The summed E-state index contributed by atoms with van der Waals surface area (Å²) in [5, 5.41) is 0. The maximum Gasteiger partial charge on any atom is 0.324 e. The average Bonchev–Trinajstić information content (AvgIpc) is 2.50. The molecule has 0 radical (unpaired) electrons. The van der Waals surface area contributed by atoms with Crippen LogP contribution in [-0.4, -0.2) is 42.0 Å². The molecule has 0 spiro atoms. The Morgan fingerprint density at radius 3 is 1.86 bits per heavy atom. The molecule has 0 aromatic rings. The minimum absolute atomic E-state index is 0.0128. The molecule has 0 heterocycles. The molecule has 0 aromatic carbocycles. The van der Waals surface area contributed by atoms with E-state index in [0.717, 1.165) is 0 Å². The van der Waals surface area contributed by atoms with Gasteiger partial charge in [0.05, 0.1) is 7.11 Å². The molecule has 0 unspecified atom stereocenters. The van der Waals surface area contributed by atoms with Gasteiger partial charge < -0.3 is 14.2 Å². The Kier molecular flexibility index (Phi) is 7.20. The van der Waals surface area contributed by atoms with Crippen LogP contribution in [0.5, 0.6) is 0 Å². The third-order valence-electron chi connectivity index (χ3n) is 4.30. The fourth-order valence-corrected chi connectivity index (χ4v) is 3.04. The molecule has 1 atom stereocenters. The zero-order valence-electron chi connectivity index (χ0n) is 18.0. The number of carbonyl (C=O) groups excluding carboxylic acids is 4. The molecule has 0 amide bonds. The molecule has 0 bridgehead atoms. The molecule has 28 heavy (non-hydrogen) atoms. The SMILES string of the molecule is C=C1C[C@H](C(=O)OC)C(=O)CCC(C(=O)OC(C)(C)C)(C(=O)OC(C)(C)C)C1. The summed E-state index contributed by atoms with van der Waals surface area (Å²) in [6, 6.07) is 0. The second-order valence-corrected chi connectivity index (χ2v) is 9.26. The first-order valence-electron chi connectivity index (χ1n) is 9.35. The lowest BCUT2D eigenvalue weighted by molar-refractivity contribution is -0.186. The van der Waals surface area contributed by atoms with E-state index >= 15 is 0 Å². The van der Waals surface area contributed by atoms with Crippen LogP contribution in [0, 0.1) is 11.3 Å². The van der Waals surface area contributed by atoms with Crippen LogP contribution in [0.4, 0.5) is 0 Å². The van der Waals surface area contributed by atoms with Gasteiger partial charge in [0.1, 0.15) is 22.9 Å². The van der Waals surface area contributed by atoms with Gasteiger partial charge in [0.15, 0.2) is 5.41 Å². The van der Waals surface area contributed by atoms with E-state index in [1.54, 1.807) is 41.5 Å². The van der Waals surface area contributed by atoms with E-state index < -0.39 is 46.2 Å². The van der Waals surface area contributed by atoms with Crippen LogP contribution >= 0.6 is 0 Å². The zero-order chi connectivity index (χ0) is 21.9. The number of carbonyl (C=O) groups is 4. The highest BCUT2D eigenvalue weighted by Gasteiger charge is 2.53.